The second kappa shape index (κ2) is 6.23. The van der Waals surface area contributed by atoms with E-state index in [1.165, 1.54) is 24.8 Å². The molecular formula is C13H26. The van der Waals surface area contributed by atoms with Crippen LogP contribution in [0.4, 0.5) is 0 Å². The van der Waals surface area contributed by atoms with Crippen molar-refractivity contribution in [3.63, 3.8) is 0 Å². The molecule has 0 bridgehead atoms. The minimum absolute atomic E-state index is 0.798. The average Bonchev–Trinajstić information content (AvgIpc) is 2.02. The van der Waals surface area contributed by atoms with E-state index in [1.807, 2.05) is 0 Å². The molecule has 13 heavy (non-hydrogen) atoms. The first-order chi connectivity index (χ1) is 5.97. The minimum Gasteiger partial charge on any atom is -0.100 e. The van der Waals surface area contributed by atoms with Crippen molar-refractivity contribution >= 4 is 0 Å². The monoisotopic (exact) mass is 182 g/mol. The molecule has 0 aliphatic rings. The Hall–Kier alpha value is -0.260. The topological polar surface area (TPSA) is 0 Å². The minimum atomic E-state index is 0.798. The van der Waals surface area contributed by atoms with Gasteiger partial charge in [-0.05, 0) is 37.5 Å². The summed E-state index contributed by atoms with van der Waals surface area (Å²) >= 11 is 0. The van der Waals surface area contributed by atoms with E-state index in [2.05, 4.69) is 41.2 Å². The zero-order chi connectivity index (χ0) is 10.4. The normalized spacial score (nSPS) is 17.9. The Morgan fingerprint density at radius 3 is 2.08 bits per heavy atom. The molecule has 0 saturated heterocycles. The first kappa shape index (κ1) is 12.7. The molecule has 0 saturated carbocycles. The Bertz CT molecular complexity index is 146. The quantitative estimate of drug-likeness (QED) is 0.524. The fourth-order valence-electron chi connectivity index (χ4n) is 1.78. The van der Waals surface area contributed by atoms with Crippen molar-refractivity contribution in [2.45, 2.75) is 53.9 Å². The van der Waals surface area contributed by atoms with Crippen molar-refractivity contribution in [3.8, 4) is 0 Å². The van der Waals surface area contributed by atoms with Crippen LogP contribution in [-0.4, -0.2) is 0 Å². The van der Waals surface area contributed by atoms with Gasteiger partial charge in [0.15, 0.2) is 0 Å². The predicted molar refractivity (Wildman–Crippen MR) is 61.8 cm³/mol. The zero-order valence-corrected chi connectivity index (χ0v) is 10.1. The summed E-state index contributed by atoms with van der Waals surface area (Å²) in [5.74, 6) is 2.51. The highest BCUT2D eigenvalue weighted by atomic mass is 14.2. The van der Waals surface area contributed by atoms with Crippen LogP contribution in [0.25, 0.3) is 0 Å². The van der Waals surface area contributed by atoms with Crippen molar-refractivity contribution in [2.75, 3.05) is 0 Å². The predicted octanol–water partition coefficient (Wildman–Crippen LogP) is 4.66. The van der Waals surface area contributed by atoms with Crippen LogP contribution in [-0.2, 0) is 0 Å². The van der Waals surface area contributed by atoms with Crippen LogP contribution in [0, 0.1) is 17.8 Å². The van der Waals surface area contributed by atoms with E-state index in [0.29, 0.717) is 0 Å². The van der Waals surface area contributed by atoms with E-state index in [9.17, 15) is 0 Å². The molecule has 0 aromatic heterocycles. The lowest BCUT2D eigenvalue weighted by molar-refractivity contribution is 0.308. The Balaban J connectivity index is 3.81. The highest BCUT2D eigenvalue weighted by Crippen LogP contribution is 2.25. The molecule has 0 aliphatic carbocycles. The van der Waals surface area contributed by atoms with Crippen molar-refractivity contribution in [1.82, 2.24) is 0 Å². The van der Waals surface area contributed by atoms with Gasteiger partial charge in [-0.3, -0.25) is 0 Å². The molecule has 0 heterocycles. The zero-order valence-electron chi connectivity index (χ0n) is 10.1. The molecule has 0 aromatic carbocycles. The summed E-state index contributed by atoms with van der Waals surface area (Å²) in [6.45, 7) is 15.5. The number of hydrogen-bond acceptors (Lipinski definition) is 0. The number of rotatable bonds is 6. The molecule has 0 heteroatoms. The molecule has 0 nitrogen and oxygen atoms in total. The molecule has 3 unspecified atom stereocenters. The highest BCUT2D eigenvalue weighted by molar-refractivity contribution is 4.90. The molecule has 0 amide bonds. The van der Waals surface area contributed by atoms with E-state index in [1.54, 1.807) is 0 Å². The SMILES string of the molecule is C=C(C)CC(C)C(C)CC(C)CC. The van der Waals surface area contributed by atoms with Gasteiger partial charge in [-0.15, -0.1) is 6.58 Å². The molecule has 0 aromatic rings. The third kappa shape index (κ3) is 5.90. The van der Waals surface area contributed by atoms with E-state index in [-0.39, 0.29) is 0 Å². The number of allylic oxidation sites excluding steroid dienone is 1. The van der Waals surface area contributed by atoms with E-state index in [4.69, 9.17) is 0 Å². The summed E-state index contributed by atoms with van der Waals surface area (Å²) in [6, 6.07) is 0. The summed E-state index contributed by atoms with van der Waals surface area (Å²) < 4.78 is 0. The van der Waals surface area contributed by atoms with Crippen LogP contribution < -0.4 is 0 Å². The average molecular weight is 182 g/mol. The van der Waals surface area contributed by atoms with Crippen LogP contribution >= 0.6 is 0 Å². The summed E-state index contributed by atoms with van der Waals surface area (Å²) in [5.41, 5.74) is 1.32. The maximum absolute atomic E-state index is 3.98. The van der Waals surface area contributed by atoms with Crippen LogP contribution in [0.3, 0.4) is 0 Å². The van der Waals surface area contributed by atoms with Crippen molar-refractivity contribution in [3.05, 3.63) is 12.2 Å². The largest absolute Gasteiger partial charge is 0.100 e. The van der Waals surface area contributed by atoms with Crippen LogP contribution in [0.15, 0.2) is 12.2 Å². The Morgan fingerprint density at radius 2 is 1.69 bits per heavy atom. The van der Waals surface area contributed by atoms with Gasteiger partial charge in [-0.2, -0.15) is 0 Å². The standard InChI is InChI=1S/C13H26/c1-7-11(4)9-13(6)12(5)8-10(2)3/h11-13H,2,7-9H2,1,3-6H3. The van der Waals surface area contributed by atoms with E-state index in [0.717, 1.165) is 17.8 Å². The Labute approximate surface area is 84.4 Å². The fraction of sp³-hybridized carbons (Fsp3) is 0.846. The molecular weight excluding hydrogens is 156 g/mol. The Kier molecular flexibility index (Phi) is 6.11. The maximum Gasteiger partial charge on any atom is -0.0297 e. The molecule has 0 N–H and O–H groups in total. The van der Waals surface area contributed by atoms with Gasteiger partial charge in [0.2, 0.25) is 0 Å². The molecule has 3 atom stereocenters. The van der Waals surface area contributed by atoms with Gasteiger partial charge >= 0.3 is 0 Å². The van der Waals surface area contributed by atoms with Gasteiger partial charge < -0.3 is 0 Å². The maximum atomic E-state index is 3.98. The molecule has 0 rings (SSSR count). The first-order valence-corrected chi connectivity index (χ1v) is 5.61. The lowest BCUT2D eigenvalue weighted by Crippen LogP contribution is -2.11. The second-order valence-electron chi connectivity index (χ2n) is 4.86. The van der Waals surface area contributed by atoms with Gasteiger partial charge in [0.1, 0.15) is 0 Å². The highest BCUT2D eigenvalue weighted by Gasteiger charge is 2.14. The fourth-order valence-corrected chi connectivity index (χ4v) is 1.78. The first-order valence-electron chi connectivity index (χ1n) is 5.61. The summed E-state index contributed by atoms with van der Waals surface area (Å²) in [6.07, 6.45) is 3.87. The second-order valence-corrected chi connectivity index (χ2v) is 4.86. The van der Waals surface area contributed by atoms with Gasteiger partial charge in [0.05, 0.1) is 0 Å². The van der Waals surface area contributed by atoms with Gasteiger partial charge in [0, 0.05) is 0 Å². The molecule has 78 valence electrons. The van der Waals surface area contributed by atoms with Crippen molar-refractivity contribution in [2.24, 2.45) is 17.8 Å². The van der Waals surface area contributed by atoms with E-state index < -0.39 is 0 Å². The van der Waals surface area contributed by atoms with Gasteiger partial charge in [-0.1, -0.05) is 39.7 Å². The lowest BCUT2D eigenvalue weighted by atomic mass is 9.83. The summed E-state index contributed by atoms with van der Waals surface area (Å²) in [7, 11) is 0. The molecule has 0 fully saturated rings. The smallest absolute Gasteiger partial charge is 0.0297 e. The van der Waals surface area contributed by atoms with Gasteiger partial charge in [-0.25, -0.2) is 0 Å². The molecule has 0 aliphatic heterocycles. The summed E-state index contributed by atoms with van der Waals surface area (Å²) in [4.78, 5) is 0. The molecule has 0 radical (unpaired) electrons. The third-order valence-electron chi connectivity index (χ3n) is 3.11. The van der Waals surface area contributed by atoms with Gasteiger partial charge in [0.25, 0.3) is 0 Å². The van der Waals surface area contributed by atoms with Crippen LogP contribution in [0.1, 0.15) is 53.9 Å². The van der Waals surface area contributed by atoms with Crippen LogP contribution in [0.2, 0.25) is 0 Å². The Morgan fingerprint density at radius 1 is 1.15 bits per heavy atom. The number of hydrogen-bond donors (Lipinski definition) is 0. The molecule has 0 spiro atoms. The van der Waals surface area contributed by atoms with E-state index >= 15 is 0 Å². The van der Waals surface area contributed by atoms with Crippen molar-refractivity contribution in [1.29, 1.82) is 0 Å². The van der Waals surface area contributed by atoms with Crippen LogP contribution in [0.5, 0.6) is 0 Å². The van der Waals surface area contributed by atoms with Crippen molar-refractivity contribution < 1.29 is 0 Å². The lowest BCUT2D eigenvalue weighted by Gasteiger charge is -2.22. The third-order valence-corrected chi connectivity index (χ3v) is 3.11. The summed E-state index contributed by atoms with van der Waals surface area (Å²) in [5, 5.41) is 0.